The van der Waals surface area contributed by atoms with Crippen molar-refractivity contribution in [1.29, 1.82) is 0 Å². The largest absolute Gasteiger partial charge is 0.378 e. The van der Waals surface area contributed by atoms with Crippen LogP contribution in [0.1, 0.15) is 38.8 Å². The number of piperidine rings is 1. The topological polar surface area (TPSA) is 33.1 Å². The Morgan fingerprint density at radius 3 is 3.06 bits per heavy atom. The zero-order chi connectivity index (χ0) is 12.7. The van der Waals surface area contributed by atoms with E-state index in [1.54, 1.807) is 0 Å². The van der Waals surface area contributed by atoms with Crippen molar-refractivity contribution < 1.29 is 0 Å². The van der Waals surface area contributed by atoms with Crippen LogP contribution in [0.15, 0.2) is 0 Å². The SMILES string of the molecule is CCCc1nn(C)c2c1NCC1CC(C)CCN21. The molecule has 4 nitrogen and oxygen atoms in total. The molecule has 2 atom stereocenters. The molecule has 0 spiro atoms. The van der Waals surface area contributed by atoms with Gasteiger partial charge in [-0.05, 0) is 25.2 Å². The van der Waals surface area contributed by atoms with E-state index in [0.29, 0.717) is 6.04 Å². The fraction of sp³-hybridized carbons (Fsp3) is 0.786. The molecule has 18 heavy (non-hydrogen) atoms. The van der Waals surface area contributed by atoms with Crippen LogP contribution in [-0.4, -0.2) is 28.9 Å². The molecule has 2 unspecified atom stereocenters. The molecule has 1 aromatic heterocycles. The smallest absolute Gasteiger partial charge is 0.150 e. The fourth-order valence-corrected chi connectivity index (χ4v) is 3.44. The number of nitrogens with one attached hydrogen (secondary N) is 1. The lowest BCUT2D eigenvalue weighted by molar-refractivity contribution is 0.362. The zero-order valence-electron chi connectivity index (χ0n) is 11.7. The molecular formula is C14H24N4. The highest BCUT2D eigenvalue weighted by molar-refractivity contribution is 5.72. The van der Waals surface area contributed by atoms with Crippen LogP contribution in [0.3, 0.4) is 0 Å². The molecule has 3 rings (SSSR count). The molecule has 2 aliphatic heterocycles. The minimum absolute atomic E-state index is 0.658. The molecule has 1 aromatic rings. The summed E-state index contributed by atoms with van der Waals surface area (Å²) in [5, 5.41) is 8.34. The maximum atomic E-state index is 4.70. The molecule has 0 aromatic carbocycles. The van der Waals surface area contributed by atoms with Crippen LogP contribution in [0, 0.1) is 5.92 Å². The molecular weight excluding hydrogens is 224 g/mol. The van der Waals surface area contributed by atoms with Gasteiger partial charge in [0.05, 0.1) is 5.69 Å². The summed E-state index contributed by atoms with van der Waals surface area (Å²) in [5.74, 6) is 2.18. The van der Waals surface area contributed by atoms with E-state index in [1.165, 1.54) is 36.6 Å². The summed E-state index contributed by atoms with van der Waals surface area (Å²) in [5.41, 5.74) is 2.54. The highest BCUT2D eigenvalue weighted by Crippen LogP contribution is 2.38. The van der Waals surface area contributed by atoms with Crippen molar-refractivity contribution >= 4 is 11.5 Å². The summed E-state index contributed by atoms with van der Waals surface area (Å²) < 4.78 is 2.08. The first-order valence-corrected chi connectivity index (χ1v) is 7.27. The molecule has 0 bridgehead atoms. The van der Waals surface area contributed by atoms with Crippen molar-refractivity contribution in [3.8, 4) is 0 Å². The maximum absolute atomic E-state index is 4.70. The third-order valence-electron chi connectivity index (χ3n) is 4.34. The molecule has 0 amide bonds. The van der Waals surface area contributed by atoms with E-state index >= 15 is 0 Å². The Hall–Kier alpha value is -1.19. The van der Waals surface area contributed by atoms with Crippen molar-refractivity contribution in [2.75, 3.05) is 23.3 Å². The second-order valence-electron chi connectivity index (χ2n) is 5.88. The Labute approximate surface area is 109 Å². The van der Waals surface area contributed by atoms with Gasteiger partial charge >= 0.3 is 0 Å². The average Bonchev–Trinajstić information content (AvgIpc) is 2.67. The monoisotopic (exact) mass is 248 g/mol. The second kappa shape index (κ2) is 4.48. The molecule has 3 heterocycles. The Bertz CT molecular complexity index is 437. The molecule has 0 aliphatic carbocycles. The van der Waals surface area contributed by atoms with Crippen molar-refractivity contribution in [1.82, 2.24) is 9.78 Å². The lowest BCUT2D eigenvalue weighted by atomic mass is 9.91. The van der Waals surface area contributed by atoms with Crippen LogP contribution < -0.4 is 10.2 Å². The van der Waals surface area contributed by atoms with Crippen LogP contribution in [0.4, 0.5) is 11.5 Å². The highest BCUT2D eigenvalue weighted by Gasteiger charge is 2.34. The van der Waals surface area contributed by atoms with Crippen molar-refractivity contribution in [3.63, 3.8) is 0 Å². The molecule has 1 fully saturated rings. The van der Waals surface area contributed by atoms with E-state index in [4.69, 9.17) is 5.10 Å². The number of aryl methyl sites for hydroxylation is 2. The second-order valence-corrected chi connectivity index (χ2v) is 5.88. The molecule has 4 heteroatoms. The summed E-state index contributed by atoms with van der Waals surface area (Å²) in [6, 6.07) is 0.658. The van der Waals surface area contributed by atoms with Gasteiger partial charge in [-0.25, -0.2) is 0 Å². The van der Waals surface area contributed by atoms with Gasteiger partial charge < -0.3 is 10.2 Å². The van der Waals surface area contributed by atoms with Gasteiger partial charge in [-0.2, -0.15) is 5.10 Å². The van der Waals surface area contributed by atoms with E-state index in [2.05, 4.69) is 35.8 Å². The van der Waals surface area contributed by atoms with Crippen LogP contribution >= 0.6 is 0 Å². The molecule has 0 saturated carbocycles. The van der Waals surface area contributed by atoms with Crippen molar-refractivity contribution in [2.45, 2.75) is 45.6 Å². The predicted molar refractivity (Wildman–Crippen MR) is 75.2 cm³/mol. The number of hydrogen-bond acceptors (Lipinski definition) is 3. The summed E-state index contributed by atoms with van der Waals surface area (Å²) in [7, 11) is 2.08. The number of nitrogens with zero attached hydrogens (tertiary/aromatic N) is 3. The summed E-state index contributed by atoms with van der Waals surface area (Å²) >= 11 is 0. The normalized spacial score (nSPS) is 26.5. The maximum Gasteiger partial charge on any atom is 0.150 e. The van der Waals surface area contributed by atoms with E-state index in [9.17, 15) is 0 Å². The van der Waals surface area contributed by atoms with Gasteiger partial charge in [0, 0.05) is 26.2 Å². The van der Waals surface area contributed by atoms with Crippen molar-refractivity contribution in [3.05, 3.63) is 5.69 Å². The first-order valence-electron chi connectivity index (χ1n) is 7.27. The van der Waals surface area contributed by atoms with Crippen LogP contribution in [0.25, 0.3) is 0 Å². The minimum Gasteiger partial charge on any atom is -0.378 e. The lowest BCUT2D eigenvalue weighted by Crippen LogP contribution is -2.49. The number of hydrogen-bond donors (Lipinski definition) is 1. The number of fused-ring (bicyclic) bond motifs is 3. The molecule has 2 aliphatic rings. The highest BCUT2D eigenvalue weighted by atomic mass is 15.4. The minimum atomic E-state index is 0.658. The number of anilines is 2. The molecule has 1 saturated heterocycles. The molecule has 1 N–H and O–H groups in total. The Morgan fingerprint density at radius 2 is 2.28 bits per heavy atom. The summed E-state index contributed by atoms with van der Waals surface area (Å²) in [4.78, 5) is 2.58. The summed E-state index contributed by atoms with van der Waals surface area (Å²) in [6.07, 6.45) is 4.85. The fourth-order valence-electron chi connectivity index (χ4n) is 3.44. The van der Waals surface area contributed by atoms with Gasteiger partial charge in [-0.1, -0.05) is 20.3 Å². The van der Waals surface area contributed by atoms with Crippen LogP contribution in [0.2, 0.25) is 0 Å². The van der Waals surface area contributed by atoms with Gasteiger partial charge in [-0.15, -0.1) is 0 Å². The Balaban J connectivity index is 1.94. The number of rotatable bonds is 2. The van der Waals surface area contributed by atoms with Gasteiger partial charge in [0.1, 0.15) is 5.69 Å². The summed E-state index contributed by atoms with van der Waals surface area (Å²) in [6.45, 7) is 6.86. The van der Waals surface area contributed by atoms with E-state index < -0.39 is 0 Å². The third-order valence-corrected chi connectivity index (χ3v) is 4.34. The van der Waals surface area contributed by atoms with Gasteiger partial charge in [-0.3, -0.25) is 4.68 Å². The number of aromatic nitrogens is 2. The van der Waals surface area contributed by atoms with Gasteiger partial charge in [0.15, 0.2) is 5.82 Å². The van der Waals surface area contributed by atoms with Gasteiger partial charge in [0.2, 0.25) is 0 Å². The third kappa shape index (κ3) is 1.78. The Morgan fingerprint density at radius 1 is 1.44 bits per heavy atom. The van der Waals surface area contributed by atoms with Gasteiger partial charge in [0.25, 0.3) is 0 Å². The first kappa shape index (κ1) is 11.9. The quantitative estimate of drug-likeness (QED) is 0.872. The zero-order valence-corrected chi connectivity index (χ0v) is 11.7. The van der Waals surface area contributed by atoms with E-state index in [0.717, 1.165) is 25.3 Å². The van der Waals surface area contributed by atoms with Crippen LogP contribution in [-0.2, 0) is 13.5 Å². The predicted octanol–water partition coefficient (Wildman–Crippen LogP) is 2.40. The van der Waals surface area contributed by atoms with Crippen molar-refractivity contribution in [2.24, 2.45) is 13.0 Å². The molecule has 100 valence electrons. The molecule has 0 radical (unpaired) electrons. The van der Waals surface area contributed by atoms with Crippen LogP contribution in [0.5, 0.6) is 0 Å². The van der Waals surface area contributed by atoms with E-state index in [1.807, 2.05) is 0 Å². The van der Waals surface area contributed by atoms with E-state index in [-0.39, 0.29) is 0 Å². The standard InChI is InChI=1S/C14H24N4/c1-4-5-12-13-14(17(3)16-12)18-7-6-10(2)8-11(18)9-15-13/h10-11,15H,4-9H2,1-3H3. The lowest BCUT2D eigenvalue weighted by Gasteiger charge is -2.43. The average molecular weight is 248 g/mol. The first-order chi connectivity index (χ1) is 8.70. The Kier molecular flexibility index (Phi) is 2.96.